The van der Waals surface area contributed by atoms with Crippen LogP contribution in [0.2, 0.25) is 0 Å². The number of aliphatic hydroxyl groups excluding tert-OH is 1. The van der Waals surface area contributed by atoms with E-state index in [0.29, 0.717) is 0 Å². The normalized spacial score (nSPS) is 52.8. The van der Waals surface area contributed by atoms with Gasteiger partial charge in [0.15, 0.2) is 11.7 Å². The highest BCUT2D eigenvalue weighted by Gasteiger charge is 2.98. The van der Waals surface area contributed by atoms with Gasteiger partial charge in [0.25, 0.3) is 0 Å². The number of epoxide rings is 1. The molecule has 0 aromatic rings. The highest BCUT2D eigenvalue weighted by atomic mass is 16.7. The maximum Gasteiger partial charge on any atom is 0.340 e. The van der Waals surface area contributed by atoms with Crippen molar-refractivity contribution in [2.75, 3.05) is 7.11 Å². The third kappa shape index (κ3) is 2.50. The Morgan fingerprint density at radius 1 is 1.08 bits per heavy atom. The molecule has 0 unspecified atom stereocenters. The van der Waals surface area contributed by atoms with Gasteiger partial charge in [-0.3, -0.25) is 4.79 Å². The molecule has 10 atom stereocenters. The number of ether oxygens (including phenoxy) is 5. The number of cyclic esters (lactones) is 2. The molecule has 12 nitrogen and oxygen atoms in total. The summed E-state index contributed by atoms with van der Waals surface area (Å²) in [6, 6.07) is 0. The molecule has 4 heterocycles. The molecule has 0 bridgehead atoms. The molecular formula is C27H32O12. The van der Waals surface area contributed by atoms with E-state index in [1.807, 2.05) is 0 Å². The van der Waals surface area contributed by atoms with Crippen LogP contribution in [0.15, 0.2) is 23.8 Å². The van der Waals surface area contributed by atoms with Gasteiger partial charge in [0.05, 0.1) is 18.1 Å². The highest BCUT2D eigenvalue weighted by Crippen LogP contribution is 2.83. The Hall–Kier alpha value is -2.64. The van der Waals surface area contributed by atoms with Crippen molar-refractivity contribution in [2.24, 2.45) is 22.2 Å². The Labute approximate surface area is 223 Å². The van der Waals surface area contributed by atoms with Gasteiger partial charge < -0.3 is 39.0 Å². The van der Waals surface area contributed by atoms with Gasteiger partial charge in [0, 0.05) is 16.9 Å². The van der Waals surface area contributed by atoms with Gasteiger partial charge in [0.2, 0.25) is 17.9 Å². The van der Waals surface area contributed by atoms with Crippen molar-refractivity contribution < 1.29 is 58.2 Å². The van der Waals surface area contributed by atoms with E-state index in [-0.39, 0.29) is 18.4 Å². The van der Waals surface area contributed by atoms with Crippen molar-refractivity contribution in [1.29, 1.82) is 0 Å². The summed E-state index contributed by atoms with van der Waals surface area (Å²) in [5.74, 6) is -6.54. The predicted octanol–water partition coefficient (Wildman–Crippen LogP) is -0.180. The Kier molecular flexibility index (Phi) is 4.88. The van der Waals surface area contributed by atoms with E-state index in [0.717, 1.165) is 12.2 Å². The number of carbonyl (C=O) groups is 4. The third-order valence-electron chi connectivity index (χ3n) is 10.7. The molecule has 4 aliphatic heterocycles. The summed E-state index contributed by atoms with van der Waals surface area (Å²) in [6.07, 6.45) is 0.199. The molecule has 3 N–H and O–H groups in total. The van der Waals surface area contributed by atoms with Crippen LogP contribution in [0.1, 0.15) is 47.5 Å². The number of esters is 3. The van der Waals surface area contributed by atoms with Crippen molar-refractivity contribution >= 4 is 23.7 Å². The first kappa shape index (κ1) is 26.6. The zero-order valence-corrected chi connectivity index (χ0v) is 22.5. The van der Waals surface area contributed by atoms with Crippen LogP contribution in [0, 0.1) is 22.2 Å². The quantitative estimate of drug-likeness (QED) is 0.184. The first-order chi connectivity index (χ1) is 17.9. The number of ketones is 1. The Balaban J connectivity index is 1.60. The summed E-state index contributed by atoms with van der Waals surface area (Å²) >= 11 is 0. The molecule has 0 aromatic carbocycles. The predicted molar refractivity (Wildman–Crippen MR) is 126 cm³/mol. The SMILES string of the molecule is COC(=O)C=C[C@]1(C)[C@H]2CC[C@@]3(C)[C@H](C4=C[C@@H](O)OC4=O)OC(=O)[C@H]4O[C@]43[C@]2(C)[C@]2(O)OC(C)(C)C(=O)[C@@]21O. The highest BCUT2D eigenvalue weighted by molar-refractivity contribution is 6.00. The van der Waals surface area contributed by atoms with E-state index < -0.39 is 86.9 Å². The summed E-state index contributed by atoms with van der Waals surface area (Å²) in [6.45, 7) is 7.77. The van der Waals surface area contributed by atoms with E-state index in [2.05, 4.69) is 0 Å². The molecule has 212 valence electrons. The zero-order valence-electron chi connectivity index (χ0n) is 22.5. The summed E-state index contributed by atoms with van der Waals surface area (Å²) in [7, 11) is 1.19. The Bertz CT molecular complexity index is 1300. The maximum atomic E-state index is 13.9. The van der Waals surface area contributed by atoms with Crippen LogP contribution in [-0.2, 0) is 42.9 Å². The minimum absolute atomic E-state index is 0.0638. The molecule has 39 heavy (non-hydrogen) atoms. The average molecular weight is 549 g/mol. The minimum Gasteiger partial charge on any atom is -0.466 e. The number of methoxy groups -OCH3 is 1. The summed E-state index contributed by atoms with van der Waals surface area (Å²) in [5, 5.41) is 34.9. The average Bonchev–Trinajstić information content (AvgIpc) is 3.50. The van der Waals surface area contributed by atoms with Gasteiger partial charge in [-0.05, 0) is 38.7 Å². The van der Waals surface area contributed by atoms with Crippen molar-refractivity contribution in [3.8, 4) is 0 Å². The second-order valence-electron chi connectivity index (χ2n) is 12.6. The van der Waals surface area contributed by atoms with Crippen molar-refractivity contribution in [1.82, 2.24) is 0 Å². The number of carbonyl (C=O) groups excluding carboxylic acids is 4. The molecule has 6 aliphatic rings. The molecule has 5 fully saturated rings. The van der Waals surface area contributed by atoms with Crippen LogP contribution < -0.4 is 0 Å². The summed E-state index contributed by atoms with van der Waals surface area (Å²) < 4.78 is 27.7. The third-order valence-corrected chi connectivity index (χ3v) is 10.7. The monoisotopic (exact) mass is 548 g/mol. The van der Waals surface area contributed by atoms with Gasteiger partial charge in [-0.15, -0.1) is 0 Å². The van der Waals surface area contributed by atoms with Gasteiger partial charge >= 0.3 is 17.9 Å². The molecule has 12 heteroatoms. The van der Waals surface area contributed by atoms with Crippen LogP contribution in [0.3, 0.4) is 0 Å². The first-order valence-electron chi connectivity index (χ1n) is 12.9. The largest absolute Gasteiger partial charge is 0.466 e. The molecule has 0 aromatic heterocycles. The second-order valence-corrected chi connectivity index (χ2v) is 12.6. The molecule has 6 rings (SSSR count). The molecular weight excluding hydrogens is 516 g/mol. The number of Topliss-reactive ketones (excluding diaryl/α,β-unsaturated/α-hetero) is 1. The van der Waals surface area contributed by atoms with E-state index in [9.17, 15) is 34.5 Å². The van der Waals surface area contributed by atoms with Crippen LogP contribution in [0.5, 0.6) is 0 Å². The van der Waals surface area contributed by atoms with Crippen molar-refractivity contribution in [3.63, 3.8) is 0 Å². The van der Waals surface area contributed by atoms with Crippen LogP contribution >= 0.6 is 0 Å². The lowest BCUT2D eigenvalue weighted by Crippen LogP contribution is -2.72. The molecule has 2 aliphatic carbocycles. The molecule has 3 saturated heterocycles. The smallest absolute Gasteiger partial charge is 0.340 e. The first-order valence-corrected chi connectivity index (χ1v) is 12.9. The van der Waals surface area contributed by atoms with E-state index in [1.165, 1.54) is 27.0 Å². The van der Waals surface area contributed by atoms with Gasteiger partial charge in [-0.1, -0.05) is 26.8 Å². The van der Waals surface area contributed by atoms with Crippen molar-refractivity contribution in [3.05, 3.63) is 23.8 Å². The van der Waals surface area contributed by atoms with E-state index in [4.69, 9.17) is 23.7 Å². The van der Waals surface area contributed by atoms with E-state index in [1.54, 1.807) is 20.8 Å². The summed E-state index contributed by atoms with van der Waals surface area (Å²) in [4.78, 5) is 52.0. The minimum atomic E-state index is -2.59. The second kappa shape index (κ2) is 7.16. The fourth-order valence-electron chi connectivity index (χ4n) is 8.99. The number of rotatable bonds is 3. The van der Waals surface area contributed by atoms with Gasteiger partial charge in [-0.2, -0.15) is 0 Å². The van der Waals surface area contributed by atoms with Gasteiger partial charge in [0.1, 0.15) is 17.3 Å². The molecule has 1 spiro atoms. The summed E-state index contributed by atoms with van der Waals surface area (Å²) in [5.41, 5.74) is -10.3. The lowest BCUT2D eigenvalue weighted by Gasteiger charge is -2.59. The van der Waals surface area contributed by atoms with E-state index >= 15 is 0 Å². The molecule has 0 radical (unpaired) electrons. The molecule has 2 saturated carbocycles. The Morgan fingerprint density at radius 3 is 2.33 bits per heavy atom. The van der Waals surface area contributed by atoms with Crippen molar-refractivity contribution in [2.45, 2.75) is 88.5 Å². The fourth-order valence-corrected chi connectivity index (χ4v) is 8.99. The number of aliphatic hydroxyl groups is 3. The lowest BCUT2D eigenvalue weighted by molar-refractivity contribution is -0.339. The number of hydrogen-bond donors (Lipinski definition) is 3. The molecule has 0 amide bonds. The number of hydrogen-bond acceptors (Lipinski definition) is 12. The van der Waals surface area contributed by atoms with Crippen LogP contribution in [0.4, 0.5) is 0 Å². The Morgan fingerprint density at radius 2 is 1.74 bits per heavy atom. The van der Waals surface area contributed by atoms with Gasteiger partial charge in [-0.25, -0.2) is 14.4 Å². The standard InChI is InChI=1S/C27H32O12/c1-21(2)20(32)25(33)22(3,10-8-14(28)35-6)13-7-9-23(4)16(12-11-15(29)36-18(12)30)37-19(31)17-26(23,38-17)24(13,5)27(25,34)39-21/h8,10-11,13,15-17,29,33-34H,7,9H2,1-6H3/t13-,15+,16+,17-,22-,23+,24-,25+,26-,27+/m1/s1. The fraction of sp³-hybridized carbons (Fsp3) is 0.704. The maximum absolute atomic E-state index is 13.9. The van der Waals surface area contributed by atoms with Crippen LogP contribution in [-0.4, -0.2) is 87.2 Å². The topological polar surface area (TPSA) is 178 Å². The lowest BCUT2D eigenvalue weighted by atomic mass is 9.45. The number of fused-ring (bicyclic) bond motifs is 3. The zero-order chi connectivity index (χ0) is 28.8. The van der Waals surface area contributed by atoms with Crippen LogP contribution in [0.25, 0.3) is 0 Å².